The maximum Gasteiger partial charge on any atom is 0.251 e. The molecule has 1 N–H and O–H groups in total. The highest BCUT2D eigenvalue weighted by Gasteiger charge is 2.23. The van der Waals surface area contributed by atoms with Crippen LogP contribution in [-0.2, 0) is 6.42 Å². The van der Waals surface area contributed by atoms with Crippen molar-refractivity contribution in [2.24, 2.45) is 0 Å². The minimum absolute atomic E-state index is 0.0567. The van der Waals surface area contributed by atoms with Crippen LogP contribution in [0.1, 0.15) is 22.8 Å². The Kier molecular flexibility index (Phi) is 4.89. The molecule has 2 aromatic rings. The summed E-state index contributed by atoms with van der Waals surface area (Å²) in [6, 6.07) is 12.9. The molecular weight excluding hydrogens is 306 g/mol. The molecular formula is C19H21NO4. The van der Waals surface area contributed by atoms with Gasteiger partial charge in [0.25, 0.3) is 5.91 Å². The quantitative estimate of drug-likeness (QED) is 0.886. The number of ether oxygens (including phenoxy) is 3. The van der Waals surface area contributed by atoms with Gasteiger partial charge in [0.15, 0.2) is 0 Å². The van der Waals surface area contributed by atoms with Crippen LogP contribution in [0.3, 0.4) is 0 Å². The lowest BCUT2D eigenvalue weighted by atomic mass is 10.1. The summed E-state index contributed by atoms with van der Waals surface area (Å²) in [5.74, 6) is 2.32. The summed E-state index contributed by atoms with van der Waals surface area (Å²) in [4.78, 5) is 12.2. The van der Waals surface area contributed by atoms with E-state index in [0.29, 0.717) is 18.7 Å². The van der Waals surface area contributed by atoms with Crippen LogP contribution in [0.5, 0.6) is 17.2 Å². The third-order valence-corrected chi connectivity index (χ3v) is 3.93. The maximum atomic E-state index is 12.2. The number of carbonyl (C=O) groups is 1. The zero-order valence-corrected chi connectivity index (χ0v) is 13.9. The van der Waals surface area contributed by atoms with Gasteiger partial charge >= 0.3 is 0 Å². The zero-order valence-electron chi connectivity index (χ0n) is 13.9. The number of amides is 1. The number of methoxy groups -OCH3 is 1. The molecule has 0 bridgehead atoms. The number of carbonyl (C=O) groups excluding carboxylic acids is 1. The minimum atomic E-state index is -0.116. The Hall–Kier alpha value is -2.69. The fourth-order valence-electron chi connectivity index (χ4n) is 2.72. The summed E-state index contributed by atoms with van der Waals surface area (Å²) in [6.07, 6.45) is 0.703. The van der Waals surface area contributed by atoms with Crippen molar-refractivity contribution < 1.29 is 19.0 Å². The van der Waals surface area contributed by atoms with Crippen molar-refractivity contribution in [3.63, 3.8) is 0 Å². The van der Waals surface area contributed by atoms with Gasteiger partial charge in [-0.25, -0.2) is 0 Å². The van der Waals surface area contributed by atoms with Crippen molar-refractivity contribution in [1.29, 1.82) is 0 Å². The van der Waals surface area contributed by atoms with Gasteiger partial charge in [-0.05, 0) is 49.4 Å². The van der Waals surface area contributed by atoms with Crippen LogP contribution in [0.25, 0.3) is 0 Å². The van der Waals surface area contributed by atoms with Crippen LogP contribution in [0.2, 0.25) is 0 Å². The van der Waals surface area contributed by atoms with Gasteiger partial charge in [-0.15, -0.1) is 0 Å². The normalized spacial score (nSPS) is 15.3. The van der Waals surface area contributed by atoms with Gasteiger partial charge in [0.1, 0.15) is 23.4 Å². The number of fused-ring (bicyclic) bond motifs is 1. The van der Waals surface area contributed by atoms with Gasteiger partial charge < -0.3 is 19.5 Å². The Morgan fingerprint density at radius 3 is 2.67 bits per heavy atom. The molecule has 2 aromatic carbocycles. The molecule has 0 spiro atoms. The molecule has 3 rings (SSSR count). The van der Waals surface area contributed by atoms with Crippen molar-refractivity contribution >= 4 is 5.91 Å². The second-order valence-electron chi connectivity index (χ2n) is 5.59. The second-order valence-corrected chi connectivity index (χ2v) is 5.59. The molecule has 0 fully saturated rings. The van der Waals surface area contributed by atoms with Gasteiger partial charge in [-0.3, -0.25) is 4.79 Å². The van der Waals surface area contributed by atoms with E-state index in [-0.39, 0.29) is 12.0 Å². The molecule has 1 heterocycles. The Morgan fingerprint density at radius 1 is 1.21 bits per heavy atom. The highest BCUT2D eigenvalue weighted by atomic mass is 16.5. The molecule has 126 valence electrons. The van der Waals surface area contributed by atoms with E-state index in [1.54, 1.807) is 31.4 Å². The van der Waals surface area contributed by atoms with E-state index < -0.39 is 0 Å². The predicted molar refractivity (Wildman–Crippen MR) is 91.1 cm³/mol. The average molecular weight is 327 g/mol. The number of benzene rings is 2. The summed E-state index contributed by atoms with van der Waals surface area (Å²) < 4.78 is 16.5. The Bertz CT molecular complexity index is 712. The number of hydrogen-bond acceptors (Lipinski definition) is 4. The standard InChI is InChI=1S/C19H21NO4/c1-3-23-15-6-4-13(5-7-15)19(21)20-12-17-11-14-10-16(22-2)8-9-18(14)24-17/h4-10,17H,3,11-12H2,1-2H3,(H,20,21)/t17-/m0/s1. The largest absolute Gasteiger partial charge is 0.497 e. The predicted octanol–water partition coefficient (Wildman–Crippen LogP) is 2.83. The van der Waals surface area contributed by atoms with E-state index in [0.717, 1.165) is 29.2 Å². The smallest absolute Gasteiger partial charge is 0.251 e. The van der Waals surface area contributed by atoms with Gasteiger partial charge in [0.05, 0.1) is 20.3 Å². The molecule has 0 aromatic heterocycles. The van der Waals surface area contributed by atoms with Crippen LogP contribution in [0, 0.1) is 0 Å². The average Bonchev–Trinajstić information content (AvgIpc) is 3.02. The van der Waals surface area contributed by atoms with Crippen molar-refractivity contribution in [1.82, 2.24) is 5.32 Å². The van der Waals surface area contributed by atoms with Crippen LogP contribution in [0.4, 0.5) is 0 Å². The number of rotatable bonds is 6. The first-order valence-electron chi connectivity index (χ1n) is 8.04. The summed E-state index contributed by atoms with van der Waals surface area (Å²) in [6.45, 7) is 2.99. The molecule has 5 heteroatoms. The highest BCUT2D eigenvalue weighted by Crippen LogP contribution is 2.31. The monoisotopic (exact) mass is 327 g/mol. The number of nitrogens with one attached hydrogen (secondary N) is 1. The van der Waals surface area contributed by atoms with Crippen molar-refractivity contribution in [3.8, 4) is 17.2 Å². The SMILES string of the molecule is CCOc1ccc(C(=O)NC[C@@H]2Cc3cc(OC)ccc3O2)cc1. The first kappa shape index (κ1) is 16.2. The molecule has 5 nitrogen and oxygen atoms in total. The van der Waals surface area contributed by atoms with Crippen LogP contribution in [0.15, 0.2) is 42.5 Å². The third-order valence-electron chi connectivity index (χ3n) is 3.93. The van der Waals surface area contributed by atoms with Crippen molar-refractivity contribution in [3.05, 3.63) is 53.6 Å². The second kappa shape index (κ2) is 7.25. The molecule has 1 aliphatic rings. The Morgan fingerprint density at radius 2 is 1.96 bits per heavy atom. The van der Waals surface area contributed by atoms with Crippen LogP contribution < -0.4 is 19.5 Å². The highest BCUT2D eigenvalue weighted by molar-refractivity contribution is 5.94. The van der Waals surface area contributed by atoms with Gasteiger partial charge in [-0.2, -0.15) is 0 Å². The summed E-state index contributed by atoms with van der Waals surface area (Å²) >= 11 is 0. The van der Waals surface area contributed by atoms with Crippen molar-refractivity contribution in [2.45, 2.75) is 19.4 Å². The number of hydrogen-bond donors (Lipinski definition) is 1. The van der Waals surface area contributed by atoms with E-state index in [4.69, 9.17) is 14.2 Å². The maximum absolute atomic E-state index is 12.2. The van der Waals surface area contributed by atoms with Crippen LogP contribution in [-0.4, -0.2) is 32.3 Å². The lowest BCUT2D eigenvalue weighted by molar-refractivity contribution is 0.0933. The molecule has 1 aliphatic heterocycles. The summed E-state index contributed by atoms with van der Waals surface area (Å²) in [7, 11) is 1.64. The molecule has 0 radical (unpaired) electrons. The molecule has 0 aliphatic carbocycles. The first-order valence-corrected chi connectivity index (χ1v) is 8.04. The Labute approximate surface area is 141 Å². The molecule has 1 amide bonds. The summed E-state index contributed by atoms with van der Waals surface area (Å²) in [5.41, 5.74) is 1.71. The first-order chi connectivity index (χ1) is 11.7. The van der Waals surface area contributed by atoms with E-state index in [9.17, 15) is 4.79 Å². The molecule has 0 saturated carbocycles. The molecule has 0 unspecified atom stereocenters. The lowest BCUT2D eigenvalue weighted by Crippen LogP contribution is -2.34. The van der Waals surface area contributed by atoms with Crippen LogP contribution >= 0.6 is 0 Å². The van der Waals surface area contributed by atoms with E-state index in [1.807, 2.05) is 25.1 Å². The topological polar surface area (TPSA) is 56.8 Å². The van der Waals surface area contributed by atoms with Gasteiger partial charge in [0, 0.05) is 17.5 Å². The molecule has 0 saturated heterocycles. The van der Waals surface area contributed by atoms with Gasteiger partial charge in [0.2, 0.25) is 0 Å². The molecule has 1 atom stereocenters. The van der Waals surface area contributed by atoms with E-state index >= 15 is 0 Å². The van der Waals surface area contributed by atoms with E-state index in [1.165, 1.54) is 0 Å². The zero-order chi connectivity index (χ0) is 16.9. The van der Waals surface area contributed by atoms with Gasteiger partial charge in [-0.1, -0.05) is 0 Å². The van der Waals surface area contributed by atoms with E-state index in [2.05, 4.69) is 5.32 Å². The fraction of sp³-hybridized carbons (Fsp3) is 0.316. The van der Waals surface area contributed by atoms with Crippen molar-refractivity contribution in [2.75, 3.05) is 20.3 Å². The molecule has 24 heavy (non-hydrogen) atoms. The minimum Gasteiger partial charge on any atom is -0.497 e. The summed E-state index contributed by atoms with van der Waals surface area (Å²) in [5, 5.41) is 2.92. The third kappa shape index (κ3) is 3.62. The fourth-order valence-corrected chi connectivity index (χ4v) is 2.72. The lowest BCUT2D eigenvalue weighted by Gasteiger charge is -2.12. The Balaban J connectivity index is 1.53.